The lowest BCUT2D eigenvalue weighted by molar-refractivity contribution is -0.145. The zero-order valence-electron chi connectivity index (χ0n) is 11.0. The molecule has 6 nitrogen and oxygen atoms in total. The van der Waals surface area contributed by atoms with E-state index in [4.69, 9.17) is 5.73 Å². The fourth-order valence-electron chi connectivity index (χ4n) is 1.48. The molecule has 0 saturated heterocycles. The molecular formula is C12H22N2O4. The Morgan fingerprint density at radius 2 is 1.89 bits per heavy atom. The first kappa shape index (κ1) is 16.4. The molecule has 18 heavy (non-hydrogen) atoms. The number of ether oxygens (including phenoxy) is 1. The van der Waals surface area contributed by atoms with Gasteiger partial charge in [-0.3, -0.25) is 9.59 Å². The standard InChI is InChI=1S/C12H22N2O4/c1-3-4-5-6-11(16)14-9(12(17)18-2)7-8-10(13)15/h9H,3-8H2,1-2H3,(H2,13,15)(H,14,16)/t9-/m0/s1. The highest BCUT2D eigenvalue weighted by Gasteiger charge is 2.21. The molecule has 2 amide bonds. The van der Waals surface area contributed by atoms with Gasteiger partial charge >= 0.3 is 5.97 Å². The molecule has 0 radical (unpaired) electrons. The maximum Gasteiger partial charge on any atom is 0.328 e. The third-order valence-electron chi connectivity index (χ3n) is 2.51. The van der Waals surface area contributed by atoms with Crippen LogP contribution in [0, 0.1) is 0 Å². The van der Waals surface area contributed by atoms with Crippen molar-refractivity contribution in [2.24, 2.45) is 5.73 Å². The number of amides is 2. The molecule has 0 fully saturated rings. The molecule has 3 N–H and O–H groups in total. The van der Waals surface area contributed by atoms with Gasteiger partial charge < -0.3 is 15.8 Å². The van der Waals surface area contributed by atoms with E-state index >= 15 is 0 Å². The van der Waals surface area contributed by atoms with Crippen LogP contribution in [0.25, 0.3) is 0 Å². The number of esters is 1. The van der Waals surface area contributed by atoms with Crippen molar-refractivity contribution in [1.29, 1.82) is 0 Å². The van der Waals surface area contributed by atoms with E-state index in [0.29, 0.717) is 6.42 Å². The Morgan fingerprint density at radius 1 is 1.22 bits per heavy atom. The third kappa shape index (κ3) is 7.65. The average molecular weight is 258 g/mol. The van der Waals surface area contributed by atoms with E-state index in [2.05, 4.69) is 10.1 Å². The van der Waals surface area contributed by atoms with E-state index in [1.54, 1.807) is 0 Å². The van der Waals surface area contributed by atoms with Crippen molar-refractivity contribution >= 4 is 17.8 Å². The van der Waals surface area contributed by atoms with Crippen molar-refractivity contribution in [2.45, 2.75) is 51.5 Å². The van der Waals surface area contributed by atoms with Crippen molar-refractivity contribution < 1.29 is 19.1 Å². The van der Waals surface area contributed by atoms with Crippen molar-refractivity contribution in [2.75, 3.05) is 7.11 Å². The molecule has 0 aliphatic carbocycles. The van der Waals surface area contributed by atoms with Crippen LogP contribution in [0.15, 0.2) is 0 Å². The summed E-state index contributed by atoms with van der Waals surface area (Å²) in [6.07, 6.45) is 3.35. The molecule has 1 atom stereocenters. The Kier molecular flexibility index (Phi) is 8.61. The van der Waals surface area contributed by atoms with Gasteiger partial charge in [0.05, 0.1) is 7.11 Å². The minimum absolute atomic E-state index is 0.0367. The van der Waals surface area contributed by atoms with E-state index in [-0.39, 0.29) is 18.7 Å². The van der Waals surface area contributed by atoms with Crippen LogP contribution in [0.2, 0.25) is 0 Å². The minimum Gasteiger partial charge on any atom is -0.467 e. The summed E-state index contributed by atoms with van der Waals surface area (Å²) in [5, 5.41) is 2.56. The van der Waals surface area contributed by atoms with Crippen LogP contribution in [-0.2, 0) is 19.1 Å². The van der Waals surface area contributed by atoms with E-state index < -0.39 is 17.9 Å². The van der Waals surface area contributed by atoms with Crippen molar-refractivity contribution in [1.82, 2.24) is 5.32 Å². The summed E-state index contributed by atoms with van der Waals surface area (Å²) in [5.74, 6) is -1.27. The fourth-order valence-corrected chi connectivity index (χ4v) is 1.48. The van der Waals surface area contributed by atoms with Crippen molar-refractivity contribution in [3.8, 4) is 0 Å². The number of methoxy groups -OCH3 is 1. The topological polar surface area (TPSA) is 98.5 Å². The van der Waals surface area contributed by atoms with Gasteiger partial charge in [-0.25, -0.2) is 4.79 Å². The Bertz CT molecular complexity index is 292. The van der Waals surface area contributed by atoms with Gasteiger partial charge in [0.25, 0.3) is 0 Å². The van der Waals surface area contributed by atoms with E-state index in [0.717, 1.165) is 19.3 Å². The molecule has 6 heteroatoms. The second-order valence-corrected chi connectivity index (χ2v) is 4.11. The molecule has 0 bridgehead atoms. The molecule has 0 unspecified atom stereocenters. The number of rotatable bonds is 9. The Morgan fingerprint density at radius 3 is 2.39 bits per heavy atom. The Balaban J connectivity index is 4.17. The second-order valence-electron chi connectivity index (χ2n) is 4.11. The summed E-state index contributed by atoms with van der Waals surface area (Å²) in [6.45, 7) is 2.04. The predicted molar refractivity (Wildman–Crippen MR) is 66.5 cm³/mol. The van der Waals surface area contributed by atoms with Crippen molar-refractivity contribution in [3.63, 3.8) is 0 Å². The van der Waals surface area contributed by atoms with Crippen LogP contribution in [0.1, 0.15) is 45.4 Å². The Hall–Kier alpha value is -1.59. The first-order valence-electron chi connectivity index (χ1n) is 6.16. The molecule has 0 aliphatic heterocycles. The van der Waals surface area contributed by atoms with Gasteiger partial charge in [0.15, 0.2) is 0 Å². The maximum atomic E-state index is 11.6. The van der Waals surface area contributed by atoms with E-state index in [1.807, 2.05) is 6.92 Å². The molecule has 0 spiro atoms. The molecule has 0 aliphatic rings. The quantitative estimate of drug-likeness (QED) is 0.464. The lowest BCUT2D eigenvalue weighted by Gasteiger charge is -2.15. The molecule has 0 aromatic carbocycles. The lowest BCUT2D eigenvalue weighted by atomic mass is 10.1. The highest BCUT2D eigenvalue weighted by atomic mass is 16.5. The minimum atomic E-state index is -0.795. The maximum absolute atomic E-state index is 11.6. The lowest BCUT2D eigenvalue weighted by Crippen LogP contribution is -2.42. The van der Waals surface area contributed by atoms with Gasteiger partial charge in [-0.05, 0) is 12.8 Å². The summed E-state index contributed by atoms with van der Waals surface area (Å²) >= 11 is 0. The van der Waals surface area contributed by atoms with Gasteiger partial charge in [0, 0.05) is 12.8 Å². The third-order valence-corrected chi connectivity index (χ3v) is 2.51. The molecule has 0 saturated carbocycles. The number of primary amides is 1. The number of hydrogen-bond donors (Lipinski definition) is 2. The molecule has 0 rings (SSSR count). The molecular weight excluding hydrogens is 236 g/mol. The smallest absolute Gasteiger partial charge is 0.328 e. The number of carbonyl (C=O) groups excluding carboxylic acids is 3. The largest absolute Gasteiger partial charge is 0.467 e. The summed E-state index contributed by atoms with van der Waals surface area (Å²) in [4.78, 5) is 33.6. The van der Waals surface area contributed by atoms with Crippen LogP contribution >= 0.6 is 0 Å². The van der Waals surface area contributed by atoms with Crippen LogP contribution in [0.5, 0.6) is 0 Å². The summed E-state index contributed by atoms with van der Waals surface area (Å²) < 4.78 is 4.57. The summed E-state index contributed by atoms with van der Waals surface area (Å²) in [7, 11) is 1.24. The number of nitrogens with two attached hydrogens (primary N) is 1. The van der Waals surface area contributed by atoms with E-state index in [1.165, 1.54) is 7.11 Å². The molecule has 0 aromatic rings. The first-order valence-corrected chi connectivity index (χ1v) is 6.16. The zero-order valence-corrected chi connectivity index (χ0v) is 11.0. The van der Waals surface area contributed by atoms with Crippen LogP contribution in [0.3, 0.4) is 0 Å². The van der Waals surface area contributed by atoms with Crippen LogP contribution in [0.4, 0.5) is 0 Å². The van der Waals surface area contributed by atoms with Crippen LogP contribution in [-0.4, -0.2) is 30.9 Å². The highest BCUT2D eigenvalue weighted by molar-refractivity contribution is 5.85. The summed E-state index contributed by atoms with van der Waals surface area (Å²) in [6, 6.07) is -0.795. The number of carbonyl (C=O) groups is 3. The van der Waals surface area contributed by atoms with Gasteiger partial charge in [0.1, 0.15) is 6.04 Å². The number of hydrogen-bond acceptors (Lipinski definition) is 4. The summed E-state index contributed by atoms with van der Waals surface area (Å²) in [5.41, 5.74) is 5.01. The number of unbranched alkanes of at least 4 members (excludes halogenated alkanes) is 2. The average Bonchev–Trinajstić information content (AvgIpc) is 2.33. The normalized spacial score (nSPS) is 11.7. The number of nitrogens with one attached hydrogen (secondary N) is 1. The zero-order chi connectivity index (χ0) is 14.0. The van der Waals surface area contributed by atoms with E-state index in [9.17, 15) is 14.4 Å². The fraction of sp³-hybridized carbons (Fsp3) is 0.750. The Labute approximate surface area is 107 Å². The second kappa shape index (κ2) is 9.44. The monoisotopic (exact) mass is 258 g/mol. The van der Waals surface area contributed by atoms with Crippen molar-refractivity contribution in [3.05, 3.63) is 0 Å². The van der Waals surface area contributed by atoms with Gasteiger partial charge in [-0.2, -0.15) is 0 Å². The molecule has 104 valence electrons. The first-order chi connectivity index (χ1) is 8.51. The van der Waals surface area contributed by atoms with Gasteiger partial charge in [-0.1, -0.05) is 19.8 Å². The van der Waals surface area contributed by atoms with Crippen LogP contribution < -0.4 is 11.1 Å². The SMILES string of the molecule is CCCCCC(=O)N[C@@H](CCC(N)=O)C(=O)OC. The molecule has 0 heterocycles. The van der Waals surface area contributed by atoms with Gasteiger partial charge in [0.2, 0.25) is 11.8 Å². The van der Waals surface area contributed by atoms with Gasteiger partial charge in [-0.15, -0.1) is 0 Å². The molecule has 0 aromatic heterocycles. The predicted octanol–water partition coefficient (Wildman–Crippen LogP) is 0.490. The highest BCUT2D eigenvalue weighted by Crippen LogP contribution is 2.03.